The molecule has 136 valence electrons. The van der Waals surface area contributed by atoms with Crippen molar-refractivity contribution in [1.29, 1.82) is 0 Å². The van der Waals surface area contributed by atoms with E-state index in [9.17, 15) is 4.79 Å². The van der Waals surface area contributed by atoms with Crippen LogP contribution in [0.2, 0.25) is 0 Å². The monoisotopic (exact) mass is 342 g/mol. The van der Waals surface area contributed by atoms with Crippen molar-refractivity contribution >= 4 is 12.0 Å². The molecule has 3 aliphatic rings. The molecular weight excluding hydrogens is 316 g/mol. The maximum Gasteiger partial charge on any atom is 0.303 e. The summed E-state index contributed by atoms with van der Waals surface area (Å²) in [5.74, 6) is -1.15. The number of unbranched alkanes of at least 4 members (excludes halogenated alkanes) is 1. The normalized spacial score (nSPS) is 36.8. The summed E-state index contributed by atoms with van der Waals surface area (Å²) >= 11 is 0. The number of nitrogens with zero attached hydrogens (tertiary/aromatic N) is 1. The van der Waals surface area contributed by atoms with Crippen molar-refractivity contribution in [2.75, 3.05) is 13.2 Å². The highest BCUT2D eigenvalue weighted by atomic mass is 16.8. The fraction of sp³-hybridized carbons (Fsp3) is 0.875. The van der Waals surface area contributed by atoms with Gasteiger partial charge in [-0.25, -0.2) is 4.99 Å². The molecule has 0 radical (unpaired) electrons. The highest BCUT2D eigenvalue weighted by Gasteiger charge is 2.58. The van der Waals surface area contributed by atoms with E-state index in [2.05, 4.69) is 17.2 Å². The van der Waals surface area contributed by atoms with Crippen LogP contribution in [0.25, 0.3) is 0 Å². The van der Waals surface area contributed by atoms with E-state index in [4.69, 9.17) is 23.7 Å². The van der Waals surface area contributed by atoms with Crippen LogP contribution in [0, 0.1) is 0 Å². The van der Waals surface area contributed by atoms with Crippen molar-refractivity contribution < 1.29 is 28.5 Å². The van der Waals surface area contributed by atoms with E-state index < -0.39 is 30.4 Å². The molecule has 0 saturated carbocycles. The largest absolute Gasteiger partial charge is 0.463 e. The molecule has 8 heteroatoms. The second-order valence-corrected chi connectivity index (χ2v) is 6.74. The number of hydrogen-bond acceptors (Lipinski definition) is 8. The third kappa shape index (κ3) is 3.65. The summed E-state index contributed by atoms with van der Waals surface area (Å²) in [5, 5.41) is 3.16. The van der Waals surface area contributed by atoms with Crippen LogP contribution in [-0.4, -0.2) is 61.6 Å². The quantitative estimate of drug-likeness (QED) is 0.587. The van der Waals surface area contributed by atoms with E-state index in [1.54, 1.807) is 13.8 Å². The van der Waals surface area contributed by atoms with Crippen molar-refractivity contribution in [3.63, 3.8) is 0 Å². The van der Waals surface area contributed by atoms with Gasteiger partial charge in [-0.15, -0.1) is 0 Å². The van der Waals surface area contributed by atoms with E-state index in [0.717, 1.165) is 19.4 Å². The third-order valence-corrected chi connectivity index (χ3v) is 4.19. The zero-order valence-corrected chi connectivity index (χ0v) is 14.6. The highest BCUT2D eigenvalue weighted by molar-refractivity contribution is 5.75. The van der Waals surface area contributed by atoms with Gasteiger partial charge >= 0.3 is 5.97 Å². The van der Waals surface area contributed by atoms with Crippen molar-refractivity contribution in [1.82, 2.24) is 5.32 Å². The average Bonchev–Trinajstić information content (AvgIpc) is 3.13. The third-order valence-electron chi connectivity index (χ3n) is 4.19. The zero-order chi connectivity index (χ0) is 17.3. The van der Waals surface area contributed by atoms with Crippen molar-refractivity contribution in [3.8, 4) is 0 Å². The number of carbonyl (C=O) groups is 1. The SMILES string of the molecule is CCCCNC1=N[C@@H]([C@H]2O[C@@H]3OC(C)(C)O[C@@H]3[C@H]2OC(C)=O)CO1. The van der Waals surface area contributed by atoms with Gasteiger partial charge < -0.3 is 29.0 Å². The maximum atomic E-state index is 11.5. The summed E-state index contributed by atoms with van der Waals surface area (Å²) in [4.78, 5) is 16.0. The smallest absolute Gasteiger partial charge is 0.303 e. The molecule has 0 amide bonds. The lowest BCUT2D eigenvalue weighted by molar-refractivity contribution is -0.220. The van der Waals surface area contributed by atoms with E-state index in [-0.39, 0.29) is 12.0 Å². The molecular formula is C16H26N2O6. The predicted octanol–water partition coefficient (Wildman–Crippen LogP) is 0.939. The first kappa shape index (κ1) is 17.4. The van der Waals surface area contributed by atoms with Gasteiger partial charge in [0.15, 0.2) is 24.3 Å². The number of fused-ring (bicyclic) bond motifs is 1. The van der Waals surface area contributed by atoms with Crippen molar-refractivity contribution in [2.45, 2.75) is 77.0 Å². The minimum atomic E-state index is -0.763. The molecule has 2 fully saturated rings. The molecule has 24 heavy (non-hydrogen) atoms. The molecule has 3 heterocycles. The number of amidine groups is 1. The summed E-state index contributed by atoms with van der Waals surface area (Å²) in [7, 11) is 0. The van der Waals surface area contributed by atoms with Crippen molar-refractivity contribution in [3.05, 3.63) is 0 Å². The molecule has 0 spiro atoms. The Morgan fingerprint density at radius 2 is 2.17 bits per heavy atom. The van der Waals surface area contributed by atoms with Crippen LogP contribution in [0.1, 0.15) is 40.5 Å². The lowest BCUT2D eigenvalue weighted by Gasteiger charge is -2.26. The Morgan fingerprint density at radius 1 is 1.38 bits per heavy atom. The summed E-state index contributed by atoms with van der Waals surface area (Å²) in [6.45, 7) is 8.30. The Kier molecular flexibility index (Phi) is 4.98. The molecule has 0 aromatic carbocycles. The van der Waals surface area contributed by atoms with Gasteiger partial charge in [-0.05, 0) is 20.3 Å². The number of aliphatic imine (C=N–C) groups is 1. The van der Waals surface area contributed by atoms with E-state index >= 15 is 0 Å². The number of hydrogen-bond donors (Lipinski definition) is 1. The number of rotatable bonds is 5. The maximum absolute atomic E-state index is 11.5. The molecule has 0 bridgehead atoms. The minimum absolute atomic E-state index is 0.264. The average molecular weight is 342 g/mol. The molecule has 3 aliphatic heterocycles. The number of nitrogens with one attached hydrogen (secondary N) is 1. The first-order valence-corrected chi connectivity index (χ1v) is 8.52. The Hall–Kier alpha value is -1.38. The Balaban J connectivity index is 1.67. The van der Waals surface area contributed by atoms with Crippen LogP contribution < -0.4 is 5.32 Å². The van der Waals surface area contributed by atoms with Crippen LogP contribution in [0.5, 0.6) is 0 Å². The minimum Gasteiger partial charge on any atom is -0.463 e. The van der Waals surface area contributed by atoms with Crippen molar-refractivity contribution in [2.24, 2.45) is 4.99 Å². The number of carbonyl (C=O) groups excluding carboxylic acids is 1. The van der Waals surface area contributed by atoms with Crippen LogP contribution >= 0.6 is 0 Å². The lowest BCUT2D eigenvalue weighted by atomic mass is 10.0. The molecule has 0 unspecified atom stereocenters. The van der Waals surface area contributed by atoms with E-state index in [1.807, 2.05) is 0 Å². The zero-order valence-electron chi connectivity index (χ0n) is 14.6. The lowest BCUT2D eigenvalue weighted by Crippen LogP contribution is -2.43. The molecule has 0 aromatic rings. The molecule has 5 atom stereocenters. The van der Waals surface area contributed by atoms with Gasteiger partial charge in [0.25, 0.3) is 6.02 Å². The first-order valence-electron chi connectivity index (χ1n) is 8.52. The summed E-state index contributed by atoms with van der Waals surface area (Å²) in [6.07, 6.45) is 0.0943. The Bertz CT molecular complexity index is 509. The Morgan fingerprint density at radius 3 is 2.88 bits per heavy atom. The standard InChI is InChI=1S/C16H26N2O6/c1-5-6-7-17-15-18-10(8-20-15)11-12(21-9(2)19)13-14(22-11)24-16(3,4)23-13/h10-14H,5-8H2,1-4H3,(H,17,18)/t10-,11-,12+,13-,14-/m1/s1. The summed E-state index contributed by atoms with van der Waals surface area (Å²) in [5.41, 5.74) is 0. The molecule has 8 nitrogen and oxygen atoms in total. The van der Waals surface area contributed by atoms with E-state index in [0.29, 0.717) is 12.6 Å². The van der Waals surface area contributed by atoms with Gasteiger partial charge in [0.2, 0.25) is 0 Å². The second kappa shape index (κ2) is 6.85. The Labute approximate surface area is 141 Å². The summed E-state index contributed by atoms with van der Waals surface area (Å²) in [6, 6.07) is 0.247. The second-order valence-electron chi connectivity index (χ2n) is 6.74. The predicted molar refractivity (Wildman–Crippen MR) is 84.3 cm³/mol. The van der Waals surface area contributed by atoms with Crippen LogP contribution in [0.4, 0.5) is 0 Å². The van der Waals surface area contributed by atoms with Crippen LogP contribution in [0.15, 0.2) is 4.99 Å². The van der Waals surface area contributed by atoms with Gasteiger partial charge in [-0.3, -0.25) is 4.79 Å². The van der Waals surface area contributed by atoms with Gasteiger partial charge in [-0.2, -0.15) is 0 Å². The molecule has 2 saturated heterocycles. The highest BCUT2D eigenvalue weighted by Crippen LogP contribution is 2.40. The van der Waals surface area contributed by atoms with Gasteiger partial charge in [0.1, 0.15) is 18.8 Å². The fourth-order valence-electron chi connectivity index (χ4n) is 3.17. The topological polar surface area (TPSA) is 87.6 Å². The van der Waals surface area contributed by atoms with E-state index in [1.165, 1.54) is 6.92 Å². The first-order chi connectivity index (χ1) is 11.4. The number of esters is 1. The number of ether oxygens (including phenoxy) is 5. The van der Waals surface area contributed by atoms with Crippen LogP contribution in [-0.2, 0) is 28.5 Å². The fourth-order valence-corrected chi connectivity index (χ4v) is 3.17. The van der Waals surface area contributed by atoms with Gasteiger partial charge in [0.05, 0.1) is 0 Å². The summed E-state index contributed by atoms with van der Waals surface area (Å²) < 4.78 is 28.6. The molecule has 0 aromatic heterocycles. The molecule has 3 rings (SSSR count). The van der Waals surface area contributed by atoms with Gasteiger partial charge in [0, 0.05) is 13.5 Å². The molecule has 0 aliphatic carbocycles. The molecule has 1 N–H and O–H groups in total. The van der Waals surface area contributed by atoms with Crippen LogP contribution in [0.3, 0.4) is 0 Å². The van der Waals surface area contributed by atoms with Gasteiger partial charge in [-0.1, -0.05) is 13.3 Å².